The number of amides is 1. The number of hydrogen-bond donors (Lipinski definition) is 3. The van der Waals surface area contributed by atoms with Gasteiger partial charge in [-0.15, -0.1) is 0 Å². The second-order valence-electron chi connectivity index (χ2n) is 5.36. The molecule has 0 unspecified atom stereocenters. The summed E-state index contributed by atoms with van der Waals surface area (Å²) in [5.41, 5.74) is 3.86. The van der Waals surface area contributed by atoms with Crippen LogP contribution in [0.5, 0.6) is 0 Å². The Hall–Kier alpha value is -2.18. The van der Waals surface area contributed by atoms with Crippen molar-refractivity contribution < 1.29 is 9.53 Å². The van der Waals surface area contributed by atoms with Gasteiger partial charge in [-0.25, -0.2) is 4.98 Å². The van der Waals surface area contributed by atoms with Gasteiger partial charge in [0.15, 0.2) is 0 Å². The number of ether oxygens (including phenoxy) is 1. The van der Waals surface area contributed by atoms with Gasteiger partial charge in [-0.05, 0) is 26.0 Å². The van der Waals surface area contributed by atoms with Crippen molar-refractivity contribution in [3.05, 3.63) is 36.0 Å². The van der Waals surface area contributed by atoms with Gasteiger partial charge >= 0.3 is 0 Å². The largest absolute Gasteiger partial charge is 0.377 e. The summed E-state index contributed by atoms with van der Waals surface area (Å²) in [6.07, 6.45) is 0. The van der Waals surface area contributed by atoms with Gasteiger partial charge in [0.05, 0.1) is 16.8 Å². The number of para-hydroxylation sites is 1. The third-order valence-electron chi connectivity index (χ3n) is 3.33. The van der Waals surface area contributed by atoms with Crippen LogP contribution >= 0.6 is 0 Å². The van der Waals surface area contributed by atoms with Crippen LogP contribution < -0.4 is 16.6 Å². The van der Waals surface area contributed by atoms with Crippen molar-refractivity contribution in [2.75, 3.05) is 19.1 Å². The molecule has 1 heterocycles. The van der Waals surface area contributed by atoms with E-state index >= 15 is 0 Å². The number of nitrogens with one attached hydrogen (secondary N) is 2. The van der Waals surface area contributed by atoms with Gasteiger partial charge in [-0.2, -0.15) is 0 Å². The number of methoxy groups -OCH3 is 1. The maximum absolute atomic E-state index is 12.2. The molecule has 0 atom stereocenters. The highest BCUT2D eigenvalue weighted by Crippen LogP contribution is 2.22. The first-order valence-electron chi connectivity index (χ1n) is 6.66. The topological polar surface area (TPSA) is 89.3 Å². The standard InChI is InChI=1S/C15H20N4O2/c1-15(2,21-3)9-17-14(20)13-8-12(19-16)10-6-4-5-7-11(10)18-13/h4-8H,9,16H2,1-3H3,(H,17,20)(H,18,19). The minimum atomic E-state index is -0.429. The molecule has 1 aromatic heterocycles. The summed E-state index contributed by atoms with van der Waals surface area (Å²) < 4.78 is 5.27. The van der Waals surface area contributed by atoms with Gasteiger partial charge in [0.25, 0.3) is 5.91 Å². The van der Waals surface area contributed by atoms with E-state index in [-0.39, 0.29) is 5.91 Å². The van der Waals surface area contributed by atoms with E-state index < -0.39 is 5.60 Å². The lowest BCUT2D eigenvalue weighted by Gasteiger charge is -2.23. The molecule has 6 nitrogen and oxygen atoms in total. The molecule has 0 spiro atoms. The number of fused-ring (bicyclic) bond motifs is 1. The summed E-state index contributed by atoms with van der Waals surface area (Å²) >= 11 is 0. The molecule has 112 valence electrons. The average molecular weight is 288 g/mol. The van der Waals surface area contributed by atoms with E-state index in [1.54, 1.807) is 13.2 Å². The Bertz CT molecular complexity index is 655. The van der Waals surface area contributed by atoms with E-state index in [9.17, 15) is 4.79 Å². The number of hydrazine groups is 1. The summed E-state index contributed by atoms with van der Waals surface area (Å²) in [6, 6.07) is 9.13. The van der Waals surface area contributed by atoms with Crippen LogP contribution in [0.2, 0.25) is 0 Å². The quantitative estimate of drug-likeness (QED) is 0.575. The van der Waals surface area contributed by atoms with Gasteiger partial charge in [-0.1, -0.05) is 18.2 Å². The average Bonchev–Trinajstić information content (AvgIpc) is 2.51. The molecule has 0 aliphatic rings. The number of nitrogens with two attached hydrogens (primary N) is 1. The maximum Gasteiger partial charge on any atom is 0.270 e. The normalized spacial score (nSPS) is 11.4. The Labute approximate surface area is 123 Å². The van der Waals surface area contributed by atoms with Crippen LogP contribution in [0.3, 0.4) is 0 Å². The van der Waals surface area contributed by atoms with Crippen LogP contribution in [0.4, 0.5) is 5.69 Å². The highest BCUT2D eigenvalue weighted by atomic mass is 16.5. The number of benzene rings is 1. The Morgan fingerprint density at radius 2 is 2.10 bits per heavy atom. The summed E-state index contributed by atoms with van der Waals surface area (Å²) in [6.45, 7) is 4.18. The molecule has 1 aromatic carbocycles. The maximum atomic E-state index is 12.2. The number of carbonyl (C=O) groups excluding carboxylic acids is 1. The van der Waals surface area contributed by atoms with E-state index in [1.807, 2.05) is 38.1 Å². The minimum absolute atomic E-state index is 0.262. The second kappa shape index (κ2) is 6.07. The number of anilines is 1. The van der Waals surface area contributed by atoms with E-state index in [2.05, 4.69) is 15.7 Å². The predicted molar refractivity (Wildman–Crippen MR) is 83.0 cm³/mol. The molecule has 2 aromatic rings. The fourth-order valence-corrected chi connectivity index (χ4v) is 1.87. The number of aromatic nitrogens is 1. The van der Waals surface area contributed by atoms with Crippen molar-refractivity contribution in [1.29, 1.82) is 0 Å². The van der Waals surface area contributed by atoms with E-state index in [1.165, 1.54) is 0 Å². The van der Waals surface area contributed by atoms with Gasteiger partial charge in [0, 0.05) is 19.0 Å². The molecule has 0 radical (unpaired) electrons. The van der Waals surface area contributed by atoms with Crippen LogP contribution in [-0.4, -0.2) is 30.1 Å². The van der Waals surface area contributed by atoms with E-state index in [0.717, 1.165) is 5.39 Å². The Balaban J connectivity index is 2.27. The van der Waals surface area contributed by atoms with Crippen molar-refractivity contribution in [1.82, 2.24) is 10.3 Å². The van der Waals surface area contributed by atoms with Crippen molar-refractivity contribution >= 4 is 22.5 Å². The molecular formula is C15H20N4O2. The molecule has 1 amide bonds. The van der Waals surface area contributed by atoms with E-state index in [4.69, 9.17) is 10.6 Å². The lowest BCUT2D eigenvalue weighted by Crippen LogP contribution is -2.40. The molecule has 6 heteroatoms. The summed E-state index contributed by atoms with van der Waals surface area (Å²) in [5.74, 6) is 5.26. The molecular weight excluding hydrogens is 268 g/mol. The fourth-order valence-electron chi connectivity index (χ4n) is 1.87. The highest BCUT2D eigenvalue weighted by molar-refractivity contribution is 5.99. The molecule has 0 saturated carbocycles. The van der Waals surface area contributed by atoms with Crippen molar-refractivity contribution in [2.24, 2.45) is 5.84 Å². The zero-order valence-electron chi connectivity index (χ0n) is 12.4. The van der Waals surface area contributed by atoms with Crippen LogP contribution in [0, 0.1) is 0 Å². The SMILES string of the molecule is COC(C)(C)CNC(=O)c1cc(NN)c2ccccc2n1. The molecule has 0 aliphatic carbocycles. The Kier molecular flexibility index (Phi) is 4.40. The Morgan fingerprint density at radius 3 is 2.76 bits per heavy atom. The summed E-state index contributed by atoms with van der Waals surface area (Å²) in [4.78, 5) is 16.6. The van der Waals surface area contributed by atoms with Gasteiger partial charge in [0.1, 0.15) is 5.69 Å². The smallest absolute Gasteiger partial charge is 0.270 e. The monoisotopic (exact) mass is 288 g/mol. The van der Waals surface area contributed by atoms with Gasteiger partial charge < -0.3 is 15.5 Å². The summed E-state index contributed by atoms with van der Waals surface area (Å²) in [5, 5.41) is 3.68. The lowest BCUT2D eigenvalue weighted by molar-refractivity contribution is 0.0228. The van der Waals surface area contributed by atoms with Gasteiger partial charge in [-0.3, -0.25) is 10.6 Å². The molecule has 0 fully saturated rings. The molecule has 0 aliphatic heterocycles. The highest BCUT2D eigenvalue weighted by Gasteiger charge is 2.19. The van der Waals surface area contributed by atoms with Crippen molar-refractivity contribution in [3.63, 3.8) is 0 Å². The number of hydrogen-bond acceptors (Lipinski definition) is 5. The number of nitrogen functional groups attached to an aromatic ring is 1. The first kappa shape index (κ1) is 15.2. The van der Waals surface area contributed by atoms with E-state index in [0.29, 0.717) is 23.4 Å². The first-order chi connectivity index (χ1) is 9.96. The zero-order chi connectivity index (χ0) is 15.5. The van der Waals surface area contributed by atoms with Crippen LogP contribution in [0.25, 0.3) is 10.9 Å². The second-order valence-corrected chi connectivity index (χ2v) is 5.36. The molecule has 2 rings (SSSR count). The third kappa shape index (κ3) is 3.48. The zero-order valence-corrected chi connectivity index (χ0v) is 12.4. The van der Waals surface area contributed by atoms with Crippen LogP contribution in [0.1, 0.15) is 24.3 Å². The lowest BCUT2D eigenvalue weighted by atomic mass is 10.1. The Morgan fingerprint density at radius 1 is 1.38 bits per heavy atom. The number of carbonyl (C=O) groups is 1. The van der Waals surface area contributed by atoms with Gasteiger partial charge in [0.2, 0.25) is 0 Å². The molecule has 0 saturated heterocycles. The minimum Gasteiger partial charge on any atom is -0.377 e. The van der Waals surface area contributed by atoms with Crippen molar-refractivity contribution in [2.45, 2.75) is 19.4 Å². The van der Waals surface area contributed by atoms with Crippen LogP contribution in [0.15, 0.2) is 30.3 Å². The molecule has 4 N–H and O–H groups in total. The number of rotatable bonds is 5. The van der Waals surface area contributed by atoms with Crippen LogP contribution in [-0.2, 0) is 4.74 Å². The summed E-state index contributed by atoms with van der Waals surface area (Å²) in [7, 11) is 1.61. The first-order valence-corrected chi connectivity index (χ1v) is 6.66. The van der Waals surface area contributed by atoms with Crippen molar-refractivity contribution in [3.8, 4) is 0 Å². The number of pyridine rings is 1. The molecule has 21 heavy (non-hydrogen) atoms. The fraction of sp³-hybridized carbons (Fsp3) is 0.333. The molecule has 0 bridgehead atoms. The number of nitrogens with zero attached hydrogens (tertiary/aromatic N) is 1. The third-order valence-corrected chi connectivity index (χ3v) is 3.33. The predicted octanol–water partition coefficient (Wildman–Crippen LogP) is 1.68.